The second-order valence-corrected chi connectivity index (χ2v) is 8.65. The minimum atomic E-state index is -3.59. The molecule has 0 radical (unpaired) electrons. The molecule has 25 heavy (non-hydrogen) atoms. The average molecular weight is 378 g/mol. The van der Waals surface area contributed by atoms with E-state index in [0.717, 1.165) is 5.56 Å². The van der Waals surface area contributed by atoms with Crippen molar-refractivity contribution in [1.82, 2.24) is 4.31 Å². The molecule has 0 bridgehead atoms. The van der Waals surface area contributed by atoms with Crippen molar-refractivity contribution in [2.24, 2.45) is 5.92 Å². The first-order valence-corrected chi connectivity index (χ1v) is 10.1. The summed E-state index contributed by atoms with van der Waals surface area (Å²) in [7, 11) is -3.59. The Hall–Kier alpha value is -1.62. The molecule has 0 spiro atoms. The molecule has 0 amide bonds. The van der Waals surface area contributed by atoms with E-state index in [1.54, 1.807) is 28.6 Å². The van der Waals surface area contributed by atoms with Crippen molar-refractivity contribution in [3.63, 3.8) is 0 Å². The van der Waals surface area contributed by atoms with Gasteiger partial charge >= 0.3 is 0 Å². The fraction of sp³-hybridized carbons (Fsp3) is 0.300. The Morgan fingerprint density at radius 1 is 1.00 bits per heavy atom. The third-order valence-corrected chi connectivity index (χ3v) is 6.45. The van der Waals surface area contributed by atoms with Crippen LogP contribution in [-0.2, 0) is 10.0 Å². The van der Waals surface area contributed by atoms with Crippen LogP contribution in [0, 0.1) is 5.92 Å². The zero-order valence-corrected chi connectivity index (χ0v) is 16.3. The highest BCUT2D eigenvalue weighted by atomic mass is 35.5. The van der Waals surface area contributed by atoms with Crippen LogP contribution in [0.1, 0.15) is 26.3 Å². The fourth-order valence-electron chi connectivity index (χ4n) is 2.41. The summed E-state index contributed by atoms with van der Waals surface area (Å²) in [6.45, 7) is 6.31. The summed E-state index contributed by atoms with van der Waals surface area (Å²) in [5.74, 6) is 0.201. The number of rotatable bonds is 7. The Balaban J connectivity index is 2.29. The first-order chi connectivity index (χ1) is 11.8. The molecule has 1 unspecified atom stereocenters. The van der Waals surface area contributed by atoms with Crippen LogP contribution in [0.2, 0.25) is 5.02 Å². The minimum Gasteiger partial charge on any atom is -0.207 e. The highest BCUT2D eigenvalue weighted by molar-refractivity contribution is 7.89. The molecule has 0 aliphatic rings. The molecule has 0 saturated carbocycles. The molecule has 1 atom stereocenters. The zero-order valence-electron chi connectivity index (χ0n) is 14.8. The lowest BCUT2D eigenvalue weighted by molar-refractivity contribution is 0.296. The minimum absolute atomic E-state index is 0.124. The van der Waals surface area contributed by atoms with Crippen LogP contribution < -0.4 is 0 Å². The summed E-state index contributed by atoms with van der Waals surface area (Å²) in [4.78, 5) is 0.262. The average Bonchev–Trinajstić information content (AvgIpc) is 2.59. The molecule has 0 saturated heterocycles. The Kier molecular flexibility index (Phi) is 6.82. The zero-order chi connectivity index (χ0) is 18.4. The van der Waals surface area contributed by atoms with Gasteiger partial charge in [0.25, 0.3) is 0 Å². The van der Waals surface area contributed by atoms with Crippen molar-refractivity contribution >= 4 is 27.7 Å². The number of benzene rings is 2. The monoisotopic (exact) mass is 377 g/mol. The Morgan fingerprint density at radius 2 is 1.60 bits per heavy atom. The highest BCUT2D eigenvalue weighted by Crippen LogP contribution is 2.23. The van der Waals surface area contributed by atoms with Crippen molar-refractivity contribution < 1.29 is 8.42 Å². The second-order valence-electron chi connectivity index (χ2n) is 6.33. The molecule has 0 fully saturated rings. The van der Waals surface area contributed by atoms with Gasteiger partial charge < -0.3 is 0 Å². The molecule has 2 rings (SSSR count). The predicted octanol–water partition coefficient (Wildman–Crippen LogP) is 5.09. The van der Waals surface area contributed by atoms with Gasteiger partial charge in [-0.05, 0) is 42.7 Å². The molecule has 0 aliphatic heterocycles. The molecule has 2 aromatic rings. The molecular weight excluding hydrogens is 354 g/mol. The van der Waals surface area contributed by atoms with Crippen LogP contribution in [0.4, 0.5) is 0 Å². The largest absolute Gasteiger partial charge is 0.243 e. The standard InChI is InChI=1S/C20H24ClNO2S/c1-16(2)17(3)22(15-7-10-18-8-5-4-6-9-18)25(23,24)20-13-11-19(21)12-14-20/h4-14,16-17H,15H2,1-3H3/b10-7+. The highest BCUT2D eigenvalue weighted by Gasteiger charge is 2.29. The van der Waals surface area contributed by atoms with Gasteiger partial charge in [-0.15, -0.1) is 0 Å². The third-order valence-electron chi connectivity index (χ3n) is 4.23. The number of nitrogens with zero attached hydrogens (tertiary/aromatic N) is 1. The third kappa shape index (κ3) is 5.18. The van der Waals surface area contributed by atoms with Gasteiger partial charge in [0.2, 0.25) is 10.0 Å². The maximum absolute atomic E-state index is 13.1. The summed E-state index contributed by atoms with van der Waals surface area (Å²) in [6.07, 6.45) is 3.83. The lowest BCUT2D eigenvalue weighted by Gasteiger charge is -2.30. The van der Waals surface area contributed by atoms with E-state index in [2.05, 4.69) is 0 Å². The van der Waals surface area contributed by atoms with Gasteiger partial charge in [0.15, 0.2) is 0 Å². The van der Waals surface area contributed by atoms with Crippen LogP contribution in [0.15, 0.2) is 65.6 Å². The second kappa shape index (κ2) is 8.65. The summed E-state index contributed by atoms with van der Waals surface area (Å²) in [5, 5.41) is 0.520. The van der Waals surface area contributed by atoms with Gasteiger partial charge in [-0.2, -0.15) is 4.31 Å². The van der Waals surface area contributed by atoms with Gasteiger partial charge in [0.05, 0.1) is 4.90 Å². The van der Waals surface area contributed by atoms with Crippen LogP contribution in [0.5, 0.6) is 0 Å². The number of hydrogen-bond acceptors (Lipinski definition) is 2. The van der Waals surface area contributed by atoms with E-state index in [-0.39, 0.29) is 16.9 Å². The molecule has 134 valence electrons. The van der Waals surface area contributed by atoms with E-state index in [4.69, 9.17) is 11.6 Å². The summed E-state index contributed by atoms with van der Waals surface area (Å²) >= 11 is 5.89. The van der Waals surface area contributed by atoms with Gasteiger partial charge in [-0.3, -0.25) is 0 Å². The van der Waals surface area contributed by atoms with Crippen molar-refractivity contribution in [2.45, 2.75) is 31.7 Å². The smallest absolute Gasteiger partial charge is 0.207 e. The maximum atomic E-state index is 13.1. The molecule has 0 aliphatic carbocycles. The van der Waals surface area contributed by atoms with Gasteiger partial charge in [0, 0.05) is 17.6 Å². The lowest BCUT2D eigenvalue weighted by atomic mass is 10.1. The van der Waals surface area contributed by atoms with E-state index >= 15 is 0 Å². The molecule has 2 aromatic carbocycles. The van der Waals surface area contributed by atoms with E-state index in [1.807, 2.05) is 63.3 Å². The van der Waals surface area contributed by atoms with Gasteiger partial charge in [-0.25, -0.2) is 8.42 Å². The Bertz CT molecular complexity index is 799. The molecule has 0 heterocycles. The summed E-state index contributed by atoms with van der Waals surface area (Å²) < 4.78 is 27.7. The van der Waals surface area contributed by atoms with Crippen molar-refractivity contribution in [3.8, 4) is 0 Å². The van der Waals surface area contributed by atoms with Gasteiger partial charge in [-0.1, -0.05) is 67.9 Å². The molecule has 0 aromatic heterocycles. The Morgan fingerprint density at radius 3 is 2.16 bits per heavy atom. The van der Waals surface area contributed by atoms with Crippen LogP contribution in [0.3, 0.4) is 0 Å². The number of halogens is 1. The lowest BCUT2D eigenvalue weighted by Crippen LogP contribution is -2.41. The maximum Gasteiger partial charge on any atom is 0.243 e. The van der Waals surface area contributed by atoms with Gasteiger partial charge in [0.1, 0.15) is 0 Å². The summed E-state index contributed by atoms with van der Waals surface area (Å²) in [6, 6.07) is 16.0. The normalized spacial score (nSPS) is 13.7. The Labute approximate surface area is 156 Å². The first-order valence-electron chi connectivity index (χ1n) is 8.31. The molecule has 3 nitrogen and oxygen atoms in total. The van der Waals surface area contributed by atoms with E-state index in [1.165, 1.54) is 0 Å². The van der Waals surface area contributed by atoms with Crippen molar-refractivity contribution in [1.29, 1.82) is 0 Å². The van der Waals surface area contributed by atoms with Crippen LogP contribution in [-0.4, -0.2) is 25.3 Å². The fourth-order valence-corrected chi connectivity index (χ4v) is 4.25. The van der Waals surface area contributed by atoms with Crippen molar-refractivity contribution in [2.75, 3.05) is 6.54 Å². The first kappa shape index (κ1) is 19.7. The SMILES string of the molecule is CC(C)C(C)N(C/C=C/c1ccccc1)S(=O)(=O)c1ccc(Cl)cc1. The molecular formula is C20H24ClNO2S. The predicted molar refractivity (Wildman–Crippen MR) is 105 cm³/mol. The molecule has 0 N–H and O–H groups in total. The topological polar surface area (TPSA) is 37.4 Å². The quantitative estimate of drug-likeness (QED) is 0.674. The van der Waals surface area contributed by atoms with E-state index in [0.29, 0.717) is 11.6 Å². The summed E-state index contributed by atoms with van der Waals surface area (Å²) in [5.41, 5.74) is 1.04. The van der Waals surface area contributed by atoms with Crippen molar-refractivity contribution in [3.05, 3.63) is 71.3 Å². The number of hydrogen-bond donors (Lipinski definition) is 0. The molecule has 5 heteroatoms. The van der Waals surface area contributed by atoms with Crippen LogP contribution in [0.25, 0.3) is 6.08 Å². The number of sulfonamides is 1. The van der Waals surface area contributed by atoms with E-state index < -0.39 is 10.0 Å². The van der Waals surface area contributed by atoms with E-state index in [9.17, 15) is 8.42 Å². The van der Waals surface area contributed by atoms with Crippen LogP contribution >= 0.6 is 11.6 Å².